The molecule has 0 N–H and O–H groups in total. The maximum Gasteiger partial charge on any atom is 0.254 e. The normalized spacial score (nSPS) is 9.95. The van der Waals surface area contributed by atoms with E-state index in [9.17, 15) is 9.59 Å². The summed E-state index contributed by atoms with van der Waals surface area (Å²) in [4.78, 5) is 25.0. The van der Waals surface area contributed by atoms with Crippen LogP contribution in [-0.4, -0.2) is 24.1 Å². The minimum absolute atomic E-state index is 0.162. The van der Waals surface area contributed by atoms with Gasteiger partial charge in [-0.1, -0.05) is 55.1 Å². The molecule has 0 aromatic heterocycles. The number of benzene rings is 2. The molecule has 3 heteroatoms. The third kappa shape index (κ3) is 3.45. The minimum Gasteiger partial charge on any atom is -0.337 e. The average molecular weight is 279 g/mol. The van der Waals surface area contributed by atoms with Crippen molar-refractivity contribution in [2.75, 3.05) is 7.05 Å². The van der Waals surface area contributed by atoms with Crippen LogP contribution in [-0.2, 0) is 6.54 Å². The Balaban J connectivity index is 2.15. The number of hydrogen-bond acceptors (Lipinski definition) is 2. The van der Waals surface area contributed by atoms with E-state index in [-0.39, 0.29) is 5.91 Å². The van der Waals surface area contributed by atoms with Crippen molar-refractivity contribution >= 4 is 18.3 Å². The minimum atomic E-state index is -0.162. The van der Waals surface area contributed by atoms with Gasteiger partial charge in [-0.25, -0.2) is 0 Å². The highest BCUT2D eigenvalue weighted by atomic mass is 16.2. The van der Waals surface area contributed by atoms with Gasteiger partial charge in [-0.3, -0.25) is 9.59 Å². The Morgan fingerprint density at radius 2 is 1.81 bits per heavy atom. The van der Waals surface area contributed by atoms with Crippen molar-refractivity contribution in [3.8, 4) is 0 Å². The van der Waals surface area contributed by atoms with Crippen LogP contribution in [0, 0.1) is 0 Å². The molecule has 0 unspecified atom stereocenters. The highest BCUT2D eigenvalue weighted by Gasteiger charge is 2.15. The molecule has 0 aliphatic rings. The summed E-state index contributed by atoms with van der Waals surface area (Å²) in [5.41, 5.74) is 2.91. The predicted molar refractivity (Wildman–Crippen MR) is 84.2 cm³/mol. The molecule has 0 saturated carbocycles. The molecule has 0 heterocycles. The van der Waals surface area contributed by atoms with Crippen LogP contribution in [0.15, 0.2) is 55.1 Å². The Hall–Kier alpha value is -2.68. The van der Waals surface area contributed by atoms with Crippen LogP contribution in [0.4, 0.5) is 0 Å². The van der Waals surface area contributed by atoms with Crippen molar-refractivity contribution in [2.45, 2.75) is 6.54 Å². The van der Waals surface area contributed by atoms with Crippen LogP contribution in [0.2, 0.25) is 0 Å². The third-order valence-corrected chi connectivity index (χ3v) is 3.30. The summed E-state index contributed by atoms with van der Waals surface area (Å²) in [5.74, 6) is -0.162. The van der Waals surface area contributed by atoms with Gasteiger partial charge >= 0.3 is 0 Å². The number of nitrogens with zero attached hydrogens (tertiary/aromatic N) is 1. The quantitative estimate of drug-likeness (QED) is 0.786. The van der Waals surface area contributed by atoms with Crippen LogP contribution in [0.3, 0.4) is 0 Å². The molecule has 21 heavy (non-hydrogen) atoms. The third-order valence-electron chi connectivity index (χ3n) is 3.30. The molecule has 0 atom stereocenters. The zero-order valence-electron chi connectivity index (χ0n) is 12.0. The molecule has 0 spiro atoms. The fraction of sp³-hybridized carbons (Fsp3) is 0.111. The lowest BCUT2D eigenvalue weighted by Crippen LogP contribution is -2.27. The highest BCUT2D eigenvalue weighted by molar-refractivity contribution is 6.01. The van der Waals surface area contributed by atoms with E-state index in [2.05, 4.69) is 6.58 Å². The van der Waals surface area contributed by atoms with E-state index < -0.39 is 0 Å². The summed E-state index contributed by atoms with van der Waals surface area (Å²) in [5, 5.41) is 0. The number of hydrogen-bond donors (Lipinski definition) is 0. The zero-order chi connectivity index (χ0) is 15.2. The van der Waals surface area contributed by atoms with Gasteiger partial charge in [0.15, 0.2) is 6.29 Å². The van der Waals surface area contributed by atoms with Crippen LogP contribution >= 0.6 is 0 Å². The van der Waals surface area contributed by atoms with E-state index in [4.69, 9.17) is 0 Å². The lowest BCUT2D eigenvalue weighted by atomic mass is 10.1. The molecule has 0 aliphatic heterocycles. The van der Waals surface area contributed by atoms with Gasteiger partial charge in [0.1, 0.15) is 0 Å². The van der Waals surface area contributed by atoms with Gasteiger partial charge in [0.25, 0.3) is 5.91 Å². The Labute approximate surface area is 124 Å². The molecule has 2 rings (SSSR count). The Morgan fingerprint density at radius 3 is 2.43 bits per heavy atom. The van der Waals surface area contributed by atoms with E-state index in [0.717, 1.165) is 11.1 Å². The molecular formula is C18H17NO2. The maximum absolute atomic E-state index is 12.4. The number of amides is 1. The van der Waals surface area contributed by atoms with E-state index in [1.165, 1.54) is 0 Å². The highest BCUT2D eigenvalue weighted by Crippen LogP contribution is 2.13. The second kappa shape index (κ2) is 6.66. The Morgan fingerprint density at radius 1 is 1.14 bits per heavy atom. The summed E-state index contributed by atoms with van der Waals surface area (Å²) in [6.45, 7) is 4.20. The summed E-state index contributed by atoms with van der Waals surface area (Å²) in [6, 6.07) is 14.7. The molecule has 0 saturated heterocycles. The largest absolute Gasteiger partial charge is 0.337 e. The van der Waals surface area contributed by atoms with E-state index in [1.807, 2.05) is 24.3 Å². The Kier molecular flexibility index (Phi) is 4.67. The standard InChI is InChI=1S/C18H17NO2/c1-3-14-8-10-15(11-9-14)12-19(2)18(21)17-7-5-4-6-16(17)13-20/h3-11,13H,1,12H2,2H3. The second-order valence-corrected chi connectivity index (χ2v) is 4.81. The topological polar surface area (TPSA) is 37.4 Å². The van der Waals surface area contributed by atoms with Crippen molar-refractivity contribution in [2.24, 2.45) is 0 Å². The van der Waals surface area contributed by atoms with Crippen molar-refractivity contribution in [3.05, 3.63) is 77.4 Å². The molecule has 0 radical (unpaired) electrons. The fourth-order valence-corrected chi connectivity index (χ4v) is 2.10. The first-order chi connectivity index (χ1) is 10.2. The first-order valence-electron chi connectivity index (χ1n) is 6.66. The monoisotopic (exact) mass is 279 g/mol. The van der Waals surface area contributed by atoms with E-state index >= 15 is 0 Å². The van der Waals surface area contributed by atoms with Crippen molar-refractivity contribution in [3.63, 3.8) is 0 Å². The molecule has 2 aromatic rings. The molecule has 3 nitrogen and oxygen atoms in total. The molecule has 1 amide bonds. The van der Waals surface area contributed by atoms with Crippen molar-refractivity contribution in [1.29, 1.82) is 0 Å². The number of rotatable bonds is 5. The summed E-state index contributed by atoms with van der Waals surface area (Å²) < 4.78 is 0. The number of carbonyl (C=O) groups is 2. The van der Waals surface area contributed by atoms with Crippen LogP contribution in [0.1, 0.15) is 31.8 Å². The van der Waals surface area contributed by atoms with Crippen molar-refractivity contribution in [1.82, 2.24) is 4.90 Å². The Bertz CT molecular complexity index is 659. The van der Waals surface area contributed by atoms with Gasteiger partial charge in [-0.2, -0.15) is 0 Å². The zero-order valence-corrected chi connectivity index (χ0v) is 12.0. The summed E-state index contributed by atoms with van der Waals surface area (Å²) >= 11 is 0. The smallest absolute Gasteiger partial charge is 0.254 e. The fourth-order valence-electron chi connectivity index (χ4n) is 2.10. The first kappa shape index (κ1) is 14.7. The van der Waals surface area contributed by atoms with Gasteiger partial charge in [0.05, 0.1) is 5.56 Å². The van der Waals surface area contributed by atoms with Gasteiger partial charge < -0.3 is 4.90 Å². The van der Waals surface area contributed by atoms with Gasteiger partial charge in [0, 0.05) is 19.2 Å². The summed E-state index contributed by atoms with van der Waals surface area (Å²) in [7, 11) is 1.73. The molecular weight excluding hydrogens is 262 g/mol. The average Bonchev–Trinajstić information content (AvgIpc) is 2.54. The van der Waals surface area contributed by atoms with Crippen LogP contribution in [0.5, 0.6) is 0 Å². The molecule has 2 aromatic carbocycles. The van der Waals surface area contributed by atoms with E-state index in [0.29, 0.717) is 24.0 Å². The molecule has 0 aliphatic carbocycles. The van der Waals surface area contributed by atoms with Gasteiger partial charge in [0.2, 0.25) is 0 Å². The summed E-state index contributed by atoms with van der Waals surface area (Å²) in [6.07, 6.45) is 2.49. The molecule has 0 bridgehead atoms. The SMILES string of the molecule is C=Cc1ccc(CN(C)C(=O)c2ccccc2C=O)cc1. The maximum atomic E-state index is 12.4. The van der Waals surface area contributed by atoms with Crippen LogP contribution in [0.25, 0.3) is 6.08 Å². The van der Waals surface area contributed by atoms with Crippen LogP contribution < -0.4 is 0 Å². The van der Waals surface area contributed by atoms with Gasteiger partial charge in [-0.05, 0) is 17.2 Å². The number of aldehydes is 1. The number of carbonyl (C=O) groups excluding carboxylic acids is 2. The predicted octanol–water partition coefficient (Wildman–Crippen LogP) is 3.41. The molecule has 106 valence electrons. The lowest BCUT2D eigenvalue weighted by Gasteiger charge is -2.18. The lowest BCUT2D eigenvalue weighted by molar-refractivity contribution is 0.0782. The molecule has 0 fully saturated rings. The first-order valence-corrected chi connectivity index (χ1v) is 6.66. The van der Waals surface area contributed by atoms with E-state index in [1.54, 1.807) is 42.3 Å². The van der Waals surface area contributed by atoms with Gasteiger partial charge in [-0.15, -0.1) is 0 Å². The second-order valence-electron chi connectivity index (χ2n) is 4.81. The van der Waals surface area contributed by atoms with Crippen molar-refractivity contribution < 1.29 is 9.59 Å².